The van der Waals surface area contributed by atoms with E-state index in [2.05, 4.69) is 21.7 Å². The Labute approximate surface area is 127 Å². The normalized spacial score (nSPS) is 11.1. The Kier molecular flexibility index (Phi) is 7.73. The molecule has 0 saturated carbocycles. The Bertz CT molecular complexity index is 485. The van der Waals surface area contributed by atoms with Crippen molar-refractivity contribution in [2.45, 2.75) is 39.8 Å². The van der Waals surface area contributed by atoms with Crippen LogP contribution in [0.1, 0.15) is 32.8 Å². The molecule has 1 aromatic rings. The quantitative estimate of drug-likeness (QED) is 0.597. The minimum atomic E-state index is -0.400. The van der Waals surface area contributed by atoms with Crippen LogP contribution < -0.4 is 15.4 Å². The van der Waals surface area contributed by atoms with Crippen LogP contribution in [0.3, 0.4) is 0 Å². The Morgan fingerprint density at radius 2 is 2.00 bits per heavy atom. The van der Waals surface area contributed by atoms with Crippen LogP contribution in [0.15, 0.2) is 29.3 Å². The van der Waals surface area contributed by atoms with Crippen molar-refractivity contribution in [1.29, 1.82) is 5.26 Å². The Morgan fingerprint density at radius 1 is 1.29 bits per heavy atom. The average Bonchev–Trinajstić information content (AvgIpc) is 2.51. The summed E-state index contributed by atoms with van der Waals surface area (Å²) in [6.07, 6.45) is 0.270. The highest BCUT2D eigenvalue weighted by Crippen LogP contribution is 2.16. The molecule has 0 aliphatic heterocycles. The highest BCUT2D eigenvalue weighted by atomic mass is 16.5. The standard InChI is InChI=1S/C16H24N4O/c1-4-14(11-17)21-15-9-7-8-13(10-15)12-20-16(18-5-2)19-6-3/h7-10,14H,4-6,12H2,1-3H3,(H2,18,19,20). The van der Waals surface area contributed by atoms with Crippen molar-refractivity contribution in [3.8, 4) is 11.8 Å². The number of nitrogens with zero attached hydrogens (tertiary/aromatic N) is 2. The fraction of sp³-hybridized carbons (Fsp3) is 0.500. The molecule has 5 nitrogen and oxygen atoms in total. The van der Waals surface area contributed by atoms with Crippen molar-refractivity contribution in [3.05, 3.63) is 29.8 Å². The second-order valence-electron chi connectivity index (χ2n) is 4.52. The fourth-order valence-corrected chi connectivity index (χ4v) is 1.76. The van der Waals surface area contributed by atoms with E-state index in [1.807, 2.05) is 45.0 Å². The van der Waals surface area contributed by atoms with Gasteiger partial charge in [0.15, 0.2) is 12.1 Å². The Hall–Kier alpha value is -2.22. The first-order valence-corrected chi connectivity index (χ1v) is 7.40. The molecule has 0 saturated heterocycles. The Balaban J connectivity index is 2.71. The van der Waals surface area contributed by atoms with Crippen molar-refractivity contribution in [1.82, 2.24) is 10.6 Å². The van der Waals surface area contributed by atoms with Crippen molar-refractivity contribution >= 4 is 5.96 Å². The predicted molar refractivity (Wildman–Crippen MR) is 85.3 cm³/mol. The van der Waals surface area contributed by atoms with Gasteiger partial charge in [-0.05, 0) is 38.0 Å². The molecule has 21 heavy (non-hydrogen) atoms. The molecule has 0 spiro atoms. The number of nitriles is 1. The number of hydrogen-bond donors (Lipinski definition) is 2. The minimum absolute atomic E-state index is 0.400. The van der Waals surface area contributed by atoms with E-state index >= 15 is 0 Å². The summed E-state index contributed by atoms with van der Waals surface area (Å²) in [6, 6.07) is 9.85. The van der Waals surface area contributed by atoms with Crippen molar-refractivity contribution in [2.24, 2.45) is 4.99 Å². The van der Waals surface area contributed by atoms with Gasteiger partial charge < -0.3 is 15.4 Å². The first kappa shape index (κ1) is 16.8. The molecule has 0 heterocycles. The van der Waals surface area contributed by atoms with Crippen LogP contribution in [0.2, 0.25) is 0 Å². The summed E-state index contributed by atoms with van der Waals surface area (Å²) in [4.78, 5) is 4.51. The van der Waals surface area contributed by atoms with E-state index in [0.717, 1.165) is 24.6 Å². The van der Waals surface area contributed by atoms with Gasteiger partial charge in [0.05, 0.1) is 6.54 Å². The zero-order valence-electron chi connectivity index (χ0n) is 13.0. The van der Waals surface area contributed by atoms with Gasteiger partial charge in [-0.3, -0.25) is 0 Å². The lowest BCUT2D eigenvalue weighted by atomic mass is 10.2. The molecule has 0 aliphatic carbocycles. The number of hydrogen-bond acceptors (Lipinski definition) is 3. The fourth-order valence-electron chi connectivity index (χ4n) is 1.76. The van der Waals surface area contributed by atoms with Crippen molar-refractivity contribution in [3.63, 3.8) is 0 Å². The zero-order chi connectivity index (χ0) is 15.5. The minimum Gasteiger partial charge on any atom is -0.476 e. The van der Waals surface area contributed by atoms with Crippen molar-refractivity contribution < 1.29 is 4.74 Å². The number of rotatable bonds is 7. The Morgan fingerprint density at radius 3 is 2.57 bits per heavy atom. The molecule has 0 aromatic heterocycles. The molecule has 0 amide bonds. The average molecular weight is 288 g/mol. The van der Waals surface area contributed by atoms with Crippen LogP contribution in [-0.2, 0) is 6.54 Å². The third kappa shape index (κ3) is 6.17. The summed E-state index contributed by atoms with van der Waals surface area (Å²) >= 11 is 0. The lowest BCUT2D eigenvalue weighted by molar-refractivity contribution is 0.251. The monoisotopic (exact) mass is 288 g/mol. The highest BCUT2D eigenvalue weighted by molar-refractivity contribution is 5.79. The molecule has 0 bridgehead atoms. The molecule has 1 aromatic carbocycles. The summed E-state index contributed by atoms with van der Waals surface area (Å²) in [5.74, 6) is 1.51. The van der Waals surface area contributed by atoms with Gasteiger partial charge in [0.1, 0.15) is 11.8 Å². The van der Waals surface area contributed by atoms with Gasteiger partial charge in [0.25, 0.3) is 0 Å². The molecule has 0 radical (unpaired) electrons. The third-order valence-electron chi connectivity index (χ3n) is 2.80. The molecule has 2 N–H and O–H groups in total. The van der Waals surface area contributed by atoms with Gasteiger partial charge in [-0.25, -0.2) is 4.99 Å². The van der Waals surface area contributed by atoms with Crippen LogP contribution >= 0.6 is 0 Å². The van der Waals surface area contributed by atoms with Gasteiger partial charge >= 0.3 is 0 Å². The number of nitrogens with one attached hydrogen (secondary N) is 2. The van der Waals surface area contributed by atoms with E-state index in [1.165, 1.54) is 0 Å². The molecule has 0 fully saturated rings. The highest BCUT2D eigenvalue weighted by Gasteiger charge is 2.06. The number of guanidine groups is 1. The SMILES string of the molecule is CCNC(=NCc1cccc(OC(C#N)CC)c1)NCC. The van der Waals surface area contributed by atoms with Gasteiger partial charge in [-0.15, -0.1) is 0 Å². The second kappa shape index (κ2) is 9.65. The lowest BCUT2D eigenvalue weighted by Gasteiger charge is -2.11. The summed E-state index contributed by atoms with van der Waals surface area (Å²) in [7, 11) is 0. The molecule has 1 unspecified atom stereocenters. The first-order valence-electron chi connectivity index (χ1n) is 7.40. The molecular formula is C16H24N4O. The number of aliphatic imine (C=N–C) groups is 1. The third-order valence-corrected chi connectivity index (χ3v) is 2.80. The maximum atomic E-state index is 8.94. The van der Waals surface area contributed by atoms with Crippen LogP contribution in [0.5, 0.6) is 5.75 Å². The van der Waals surface area contributed by atoms with E-state index in [9.17, 15) is 0 Å². The van der Waals surface area contributed by atoms with Gasteiger partial charge in [-0.1, -0.05) is 19.1 Å². The second-order valence-corrected chi connectivity index (χ2v) is 4.52. The molecule has 5 heteroatoms. The maximum Gasteiger partial charge on any atom is 0.191 e. The van der Waals surface area contributed by atoms with E-state index in [-0.39, 0.29) is 0 Å². The van der Waals surface area contributed by atoms with Gasteiger partial charge in [0.2, 0.25) is 0 Å². The smallest absolute Gasteiger partial charge is 0.191 e. The summed E-state index contributed by atoms with van der Waals surface area (Å²) in [5.41, 5.74) is 1.05. The van der Waals surface area contributed by atoms with Crippen LogP contribution in [0, 0.1) is 11.3 Å². The molecule has 0 aliphatic rings. The zero-order valence-corrected chi connectivity index (χ0v) is 13.0. The van der Waals surface area contributed by atoms with Crippen molar-refractivity contribution in [2.75, 3.05) is 13.1 Å². The van der Waals surface area contributed by atoms with E-state index in [0.29, 0.717) is 18.7 Å². The molecule has 1 atom stereocenters. The van der Waals surface area contributed by atoms with E-state index < -0.39 is 6.10 Å². The summed E-state index contributed by atoms with van der Waals surface area (Å²) in [5, 5.41) is 15.3. The van der Waals surface area contributed by atoms with Crippen LogP contribution in [0.25, 0.3) is 0 Å². The predicted octanol–water partition coefficient (Wildman–Crippen LogP) is 2.44. The molecule has 114 valence electrons. The molecule has 1 rings (SSSR count). The number of ether oxygens (including phenoxy) is 1. The summed E-state index contributed by atoms with van der Waals surface area (Å²) in [6.45, 7) is 8.23. The largest absolute Gasteiger partial charge is 0.476 e. The van der Waals surface area contributed by atoms with Crippen LogP contribution in [-0.4, -0.2) is 25.2 Å². The first-order chi connectivity index (χ1) is 10.2. The van der Waals surface area contributed by atoms with Crippen LogP contribution in [0.4, 0.5) is 0 Å². The summed E-state index contributed by atoms with van der Waals surface area (Å²) < 4.78 is 5.61. The topological polar surface area (TPSA) is 69.4 Å². The number of benzene rings is 1. The molecular weight excluding hydrogens is 264 g/mol. The van der Waals surface area contributed by atoms with E-state index in [4.69, 9.17) is 10.00 Å². The van der Waals surface area contributed by atoms with Gasteiger partial charge in [-0.2, -0.15) is 5.26 Å². The van der Waals surface area contributed by atoms with Gasteiger partial charge in [0, 0.05) is 13.1 Å². The maximum absolute atomic E-state index is 8.94. The van der Waals surface area contributed by atoms with E-state index in [1.54, 1.807) is 0 Å². The lowest BCUT2D eigenvalue weighted by Crippen LogP contribution is -2.36.